The van der Waals surface area contributed by atoms with Crippen LogP contribution in [0.2, 0.25) is 0 Å². The lowest BCUT2D eigenvalue weighted by atomic mass is 9.64. The number of allylic oxidation sites excluding steroid dienone is 3. The first-order chi connectivity index (χ1) is 40.9. The highest BCUT2D eigenvalue weighted by Gasteiger charge is 2.49. The second kappa shape index (κ2) is 21.7. The Kier molecular flexibility index (Phi) is 15.4. The number of hydrogen-bond acceptors (Lipinski definition) is 4. The van der Waals surface area contributed by atoms with Crippen LogP contribution in [0.25, 0.3) is 0 Å². The quantitative estimate of drug-likeness (QED) is 0.143. The van der Waals surface area contributed by atoms with E-state index in [1.807, 2.05) is 0 Å². The van der Waals surface area contributed by atoms with Crippen LogP contribution in [0, 0.1) is 5.41 Å². The number of anilines is 9. The highest BCUT2D eigenvalue weighted by molar-refractivity contribution is 5.93. The predicted octanol–water partition coefficient (Wildman–Crippen LogP) is 23.6. The van der Waals surface area contributed by atoms with Gasteiger partial charge in [0.2, 0.25) is 0 Å². The first-order valence-electron chi connectivity index (χ1n) is 32.8. The van der Waals surface area contributed by atoms with Crippen LogP contribution in [0.15, 0.2) is 199 Å². The Morgan fingerprint density at radius 2 is 0.716 bits per heavy atom. The number of hydrogen-bond donors (Lipinski definition) is 0. The molecule has 0 radical (unpaired) electrons. The van der Waals surface area contributed by atoms with Crippen molar-refractivity contribution in [1.29, 1.82) is 0 Å². The lowest BCUT2D eigenvalue weighted by molar-refractivity contribution is 0.499. The second-order valence-electron chi connectivity index (χ2n) is 33.3. The van der Waals surface area contributed by atoms with Crippen LogP contribution in [0.4, 0.5) is 51.2 Å². The third kappa shape index (κ3) is 11.6. The van der Waals surface area contributed by atoms with Crippen LogP contribution in [0.5, 0.6) is 0 Å². The van der Waals surface area contributed by atoms with Crippen molar-refractivity contribution < 1.29 is 0 Å². The van der Waals surface area contributed by atoms with Gasteiger partial charge >= 0.3 is 0 Å². The summed E-state index contributed by atoms with van der Waals surface area (Å²) in [5.41, 5.74) is 24.9. The van der Waals surface area contributed by atoms with Crippen molar-refractivity contribution in [2.45, 2.75) is 215 Å². The van der Waals surface area contributed by atoms with Gasteiger partial charge in [-0.1, -0.05) is 237 Å². The zero-order valence-corrected chi connectivity index (χ0v) is 57.7. The lowest BCUT2D eigenvalue weighted by Gasteiger charge is -2.52. The van der Waals surface area contributed by atoms with E-state index >= 15 is 0 Å². The molecule has 0 bridgehead atoms. The van der Waals surface area contributed by atoms with Gasteiger partial charge in [0.05, 0.1) is 23.5 Å². The topological polar surface area (TPSA) is 13.0 Å². The van der Waals surface area contributed by atoms with Crippen molar-refractivity contribution in [2.24, 2.45) is 5.41 Å². The Labute approximate surface area is 531 Å². The van der Waals surface area contributed by atoms with Gasteiger partial charge in [0.1, 0.15) is 0 Å². The summed E-state index contributed by atoms with van der Waals surface area (Å²) in [6, 6.07) is 59.7. The minimum Gasteiger partial charge on any atom is -0.358 e. The van der Waals surface area contributed by atoms with Gasteiger partial charge < -0.3 is 19.6 Å². The summed E-state index contributed by atoms with van der Waals surface area (Å²) in [5, 5.41) is 0. The van der Waals surface area contributed by atoms with Crippen LogP contribution < -0.4 is 19.6 Å². The van der Waals surface area contributed by atoms with E-state index in [0.29, 0.717) is 0 Å². The SMILES string of the molecule is CC(C)(C)C1=CCC(N(c2ccc(C(C)(C)C)cc2)C2C=CC3=C(C2)C(C)(C)c2cc(N(c4ccc(C(C)(C)C)cc4)c4ccc(C(C)(C)C)cc4)cc4c2N3c2ccc(N(c3ccc(C(C)(C)C)cc3)c3ccc(C(C)(C)C)cc3)cc2C4(C)C)C=C1. The fraction of sp³-hybridized carbons (Fsp3) is 0.405. The minimum atomic E-state index is -0.435. The minimum absolute atomic E-state index is 0.0152. The monoisotopic (exact) mass is 1170 g/mol. The number of benzene rings is 7. The molecule has 0 aromatic heterocycles. The van der Waals surface area contributed by atoms with Crippen LogP contribution in [0.3, 0.4) is 0 Å². The van der Waals surface area contributed by atoms with Crippen LogP contribution >= 0.6 is 0 Å². The van der Waals surface area contributed by atoms with Gasteiger partial charge in [0, 0.05) is 56.3 Å². The van der Waals surface area contributed by atoms with Crippen molar-refractivity contribution in [3.63, 3.8) is 0 Å². The summed E-state index contributed by atoms with van der Waals surface area (Å²) in [7, 11) is 0. The summed E-state index contributed by atoms with van der Waals surface area (Å²) < 4.78 is 0. The van der Waals surface area contributed by atoms with Crippen LogP contribution in [-0.2, 0) is 37.9 Å². The van der Waals surface area contributed by atoms with Crippen LogP contribution in [0.1, 0.15) is 210 Å². The van der Waals surface area contributed by atoms with E-state index in [1.165, 1.54) is 84.1 Å². The molecule has 2 aliphatic heterocycles. The average Bonchev–Trinajstić information content (AvgIpc) is 0.688. The number of rotatable bonds is 9. The summed E-state index contributed by atoms with van der Waals surface area (Å²) in [4.78, 5) is 10.4. The molecule has 4 nitrogen and oxygen atoms in total. The molecule has 2 aliphatic carbocycles. The smallest absolute Gasteiger partial charge is 0.0544 e. The van der Waals surface area contributed by atoms with Crippen molar-refractivity contribution in [3.05, 3.63) is 243 Å². The first-order valence-corrected chi connectivity index (χ1v) is 32.8. The van der Waals surface area contributed by atoms with Gasteiger partial charge in [0.25, 0.3) is 0 Å². The summed E-state index contributed by atoms with van der Waals surface area (Å²) in [6.07, 6.45) is 14.3. The van der Waals surface area contributed by atoms with Gasteiger partial charge in [0.15, 0.2) is 0 Å². The van der Waals surface area contributed by atoms with E-state index in [-0.39, 0.29) is 50.0 Å². The first kappa shape index (κ1) is 62.3. The van der Waals surface area contributed by atoms with E-state index in [0.717, 1.165) is 41.3 Å². The molecule has 7 aromatic rings. The molecule has 2 heterocycles. The van der Waals surface area contributed by atoms with E-state index in [1.54, 1.807) is 0 Å². The van der Waals surface area contributed by atoms with E-state index < -0.39 is 5.41 Å². The second-order valence-corrected chi connectivity index (χ2v) is 33.3. The largest absolute Gasteiger partial charge is 0.358 e. The standard InChI is InChI=1S/C84H102N4/c1-77(2,3)55-23-35-61(36-24-55)85(62-37-25-56(26-38-62)78(4,5)6)67-47-49-74-70(51-67)83(19,20)72-53-69(87(65-43-31-59(32-44-65)81(13,14)15)66-45-33-60(34-46-66)82(16,17)18)54-73-76(72)88(74)75-50-48-68(52-71(75)84(73,21)22)86(63-39-27-57(28-40-63)79(7,8)9)64-41-29-58(30-42-64)80(10,11)12/h23-41,43-51,53-54,64,68H,42,52H2,1-22H3. The summed E-state index contributed by atoms with van der Waals surface area (Å²) >= 11 is 0. The number of nitrogens with zero attached hydrogens (tertiary/aromatic N) is 4. The van der Waals surface area contributed by atoms with E-state index in [9.17, 15) is 0 Å². The maximum Gasteiger partial charge on any atom is 0.0544 e. The van der Waals surface area contributed by atoms with Gasteiger partial charge in [-0.25, -0.2) is 0 Å². The third-order valence-electron chi connectivity index (χ3n) is 19.9. The van der Waals surface area contributed by atoms with Gasteiger partial charge in [-0.2, -0.15) is 0 Å². The highest BCUT2D eigenvalue weighted by Crippen LogP contribution is 2.62. The molecule has 2 atom stereocenters. The van der Waals surface area contributed by atoms with Gasteiger partial charge in [-0.15, -0.1) is 0 Å². The van der Waals surface area contributed by atoms with Gasteiger partial charge in [-0.05, 0) is 198 Å². The Morgan fingerprint density at radius 1 is 0.364 bits per heavy atom. The average molecular weight is 1170 g/mol. The van der Waals surface area contributed by atoms with Crippen molar-refractivity contribution >= 4 is 51.2 Å². The zero-order valence-electron chi connectivity index (χ0n) is 57.7. The molecule has 7 aromatic carbocycles. The van der Waals surface area contributed by atoms with E-state index in [2.05, 4.69) is 354 Å². The molecule has 458 valence electrons. The highest BCUT2D eigenvalue weighted by atomic mass is 15.2. The molecule has 0 saturated carbocycles. The van der Waals surface area contributed by atoms with Crippen LogP contribution in [-0.4, -0.2) is 12.1 Å². The molecule has 2 unspecified atom stereocenters. The Morgan fingerprint density at radius 3 is 1.09 bits per heavy atom. The molecule has 0 saturated heterocycles. The van der Waals surface area contributed by atoms with E-state index in [4.69, 9.17) is 0 Å². The summed E-state index contributed by atoms with van der Waals surface area (Å²) in [5.74, 6) is 0. The Balaban J connectivity index is 1.14. The zero-order chi connectivity index (χ0) is 63.6. The third-order valence-corrected chi connectivity index (χ3v) is 19.9. The summed E-state index contributed by atoms with van der Waals surface area (Å²) in [6.45, 7) is 51.6. The van der Waals surface area contributed by atoms with Crippen molar-refractivity contribution in [3.8, 4) is 0 Å². The molecule has 0 spiro atoms. The molecule has 88 heavy (non-hydrogen) atoms. The van der Waals surface area contributed by atoms with Crippen molar-refractivity contribution in [1.82, 2.24) is 0 Å². The molecule has 4 heteroatoms. The lowest BCUT2D eigenvalue weighted by Crippen LogP contribution is -2.47. The molecular weight excluding hydrogens is 1060 g/mol. The van der Waals surface area contributed by atoms with Gasteiger partial charge in [-0.3, -0.25) is 0 Å². The molecule has 4 aliphatic rings. The molecule has 11 rings (SSSR count). The molecule has 0 fully saturated rings. The Bertz CT molecular complexity index is 3760. The van der Waals surface area contributed by atoms with Crippen molar-refractivity contribution in [2.75, 3.05) is 19.6 Å². The fourth-order valence-corrected chi connectivity index (χ4v) is 14.1. The molecular formula is C84H102N4. The predicted molar refractivity (Wildman–Crippen MR) is 382 cm³/mol. The molecule has 0 amide bonds. The Hall–Kier alpha value is -7.30. The maximum atomic E-state index is 2.74. The normalized spacial score (nSPS) is 18.1. The fourth-order valence-electron chi connectivity index (χ4n) is 14.1. The maximum absolute atomic E-state index is 2.74. The molecule has 0 N–H and O–H groups in total. The number of fused-ring (bicyclic) bond motifs is 3.